The second-order valence-electron chi connectivity index (χ2n) is 3.81. The molecule has 4 heteroatoms. The Bertz CT molecular complexity index is 312. The second-order valence-corrected chi connectivity index (χ2v) is 3.81. The molecule has 0 aromatic carbocycles. The summed E-state index contributed by atoms with van der Waals surface area (Å²) in [6.07, 6.45) is 3.36. The second kappa shape index (κ2) is 5.34. The topological polar surface area (TPSA) is 62.2 Å². The summed E-state index contributed by atoms with van der Waals surface area (Å²) in [5.74, 6) is -1.02. The summed E-state index contributed by atoms with van der Waals surface area (Å²) >= 11 is 0. The van der Waals surface area contributed by atoms with Crippen LogP contribution in [-0.2, 0) is 4.79 Å². The largest absolute Gasteiger partial charge is 0.481 e. The van der Waals surface area contributed by atoms with E-state index in [4.69, 9.17) is 5.11 Å². The van der Waals surface area contributed by atoms with Crippen molar-refractivity contribution in [1.29, 1.82) is 0 Å². The SMILES string of the molecule is CC(C)C(CNc1cccnc1)C(=O)O. The van der Waals surface area contributed by atoms with E-state index in [9.17, 15) is 4.79 Å². The van der Waals surface area contributed by atoms with Gasteiger partial charge in [0.25, 0.3) is 0 Å². The van der Waals surface area contributed by atoms with Crippen molar-refractivity contribution in [3.05, 3.63) is 24.5 Å². The van der Waals surface area contributed by atoms with Crippen molar-refractivity contribution in [1.82, 2.24) is 4.98 Å². The van der Waals surface area contributed by atoms with Gasteiger partial charge in [0, 0.05) is 18.9 Å². The Labute approximate surface area is 89.3 Å². The van der Waals surface area contributed by atoms with E-state index in [0.29, 0.717) is 6.54 Å². The number of nitrogens with zero attached hydrogens (tertiary/aromatic N) is 1. The molecule has 0 saturated carbocycles. The predicted molar refractivity (Wildman–Crippen MR) is 58.7 cm³/mol. The molecular formula is C11H16N2O2. The minimum atomic E-state index is -0.763. The summed E-state index contributed by atoms with van der Waals surface area (Å²) in [6.45, 7) is 4.24. The lowest BCUT2D eigenvalue weighted by Crippen LogP contribution is -2.27. The normalized spacial score (nSPS) is 12.5. The Morgan fingerprint density at radius 3 is 2.80 bits per heavy atom. The zero-order valence-electron chi connectivity index (χ0n) is 8.97. The molecule has 82 valence electrons. The van der Waals surface area contributed by atoms with Crippen LogP contribution in [0.2, 0.25) is 0 Å². The van der Waals surface area contributed by atoms with Gasteiger partial charge in [-0.05, 0) is 18.1 Å². The van der Waals surface area contributed by atoms with Crippen LogP contribution in [0.15, 0.2) is 24.5 Å². The highest BCUT2D eigenvalue weighted by atomic mass is 16.4. The number of carbonyl (C=O) groups is 1. The molecule has 0 spiro atoms. The van der Waals surface area contributed by atoms with Crippen molar-refractivity contribution < 1.29 is 9.90 Å². The Balaban J connectivity index is 2.51. The molecule has 1 unspecified atom stereocenters. The first-order chi connectivity index (χ1) is 7.11. The molecule has 1 aromatic heterocycles. The highest BCUT2D eigenvalue weighted by Crippen LogP contribution is 2.12. The maximum absolute atomic E-state index is 10.9. The van der Waals surface area contributed by atoms with Crippen molar-refractivity contribution >= 4 is 11.7 Å². The molecule has 1 aromatic rings. The Morgan fingerprint density at radius 2 is 2.33 bits per heavy atom. The number of hydrogen-bond acceptors (Lipinski definition) is 3. The molecule has 0 fully saturated rings. The molecule has 1 atom stereocenters. The smallest absolute Gasteiger partial charge is 0.308 e. The molecule has 0 aliphatic rings. The molecule has 0 bridgehead atoms. The molecule has 2 N–H and O–H groups in total. The molecule has 1 heterocycles. The van der Waals surface area contributed by atoms with Crippen molar-refractivity contribution in [2.75, 3.05) is 11.9 Å². The van der Waals surface area contributed by atoms with Gasteiger partial charge in [-0.1, -0.05) is 13.8 Å². The van der Waals surface area contributed by atoms with Crippen molar-refractivity contribution in [3.8, 4) is 0 Å². The number of nitrogens with one attached hydrogen (secondary N) is 1. The Kier molecular flexibility index (Phi) is 4.09. The molecule has 0 amide bonds. The fourth-order valence-corrected chi connectivity index (χ4v) is 1.30. The van der Waals surface area contributed by atoms with Crippen LogP contribution < -0.4 is 5.32 Å². The predicted octanol–water partition coefficient (Wildman–Crippen LogP) is 1.85. The number of rotatable bonds is 5. The van der Waals surface area contributed by atoms with Crippen molar-refractivity contribution in [2.24, 2.45) is 11.8 Å². The van der Waals surface area contributed by atoms with E-state index in [2.05, 4.69) is 10.3 Å². The summed E-state index contributed by atoms with van der Waals surface area (Å²) in [6, 6.07) is 3.68. The molecule has 0 aliphatic heterocycles. The van der Waals surface area contributed by atoms with Crippen LogP contribution in [0.25, 0.3) is 0 Å². The summed E-state index contributed by atoms with van der Waals surface area (Å²) in [5.41, 5.74) is 0.851. The number of carboxylic acids is 1. The van der Waals surface area contributed by atoms with E-state index in [-0.39, 0.29) is 11.8 Å². The fourth-order valence-electron chi connectivity index (χ4n) is 1.30. The number of hydrogen-bond donors (Lipinski definition) is 2. The lowest BCUT2D eigenvalue weighted by molar-refractivity contribution is -0.142. The van der Waals surface area contributed by atoms with E-state index >= 15 is 0 Å². The number of pyridine rings is 1. The molecule has 0 aliphatic carbocycles. The van der Waals surface area contributed by atoms with Crippen molar-refractivity contribution in [3.63, 3.8) is 0 Å². The van der Waals surface area contributed by atoms with Crippen LogP contribution in [0.4, 0.5) is 5.69 Å². The van der Waals surface area contributed by atoms with Gasteiger partial charge < -0.3 is 10.4 Å². The third-order valence-electron chi connectivity index (χ3n) is 2.31. The number of anilines is 1. The third-order valence-corrected chi connectivity index (χ3v) is 2.31. The summed E-state index contributed by atoms with van der Waals surface area (Å²) in [5, 5.41) is 12.0. The average molecular weight is 208 g/mol. The van der Waals surface area contributed by atoms with Crippen LogP contribution in [0, 0.1) is 11.8 Å². The molecule has 1 rings (SSSR count). The van der Waals surface area contributed by atoms with Crippen LogP contribution in [0.3, 0.4) is 0 Å². The van der Waals surface area contributed by atoms with Gasteiger partial charge in [-0.15, -0.1) is 0 Å². The van der Waals surface area contributed by atoms with Crippen LogP contribution in [0.1, 0.15) is 13.8 Å². The molecule has 0 radical (unpaired) electrons. The zero-order valence-corrected chi connectivity index (χ0v) is 8.97. The van der Waals surface area contributed by atoms with Gasteiger partial charge in [0.2, 0.25) is 0 Å². The monoisotopic (exact) mass is 208 g/mol. The van der Waals surface area contributed by atoms with Gasteiger partial charge in [-0.3, -0.25) is 9.78 Å². The summed E-state index contributed by atoms with van der Waals surface area (Å²) < 4.78 is 0. The lowest BCUT2D eigenvalue weighted by Gasteiger charge is -2.17. The number of aromatic nitrogens is 1. The van der Waals surface area contributed by atoms with Crippen molar-refractivity contribution in [2.45, 2.75) is 13.8 Å². The summed E-state index contributed by atoms with van der Waals surface area (Å²) in [4.78, 5) is 14.8. The highest BCUT2D eigenvalue weighted by Gasteiger charge is 2.20. The quantitative estimate of drug-likeness (QED) is 0.775. The van der Waals surface area contributed by atoms with Gasteiger partial charge in [-0.25, -0.2) is 0 Å². The lowest BCUT2D eigenvalue weighted by atomic mass is 9.96. The summed E-state index contributed by atoms with van der Waals surface area (Å²) in [7, 11) is 0. The maximum atomic E-state index is 10.9. The average Bonchev–Trinajstić information content (AvgIpc) is 2.18. The third kappa shape index (κ3) is 3.58. The first kappa shape index (κ1) is 11.5. The number of carboxylic acid groups (broad SMARTS) is 1. The van der Waals surface area contributed by atoms with Crippen LogP contribution >= 0.6 is 0 Å². The van der Waals surface area contributed by atoms with E-state index in [1.165, 1.54) is 0 Å². The molecular weight excluding hydrogens is 192 g/mol. The standard InChI is InChI=1S/C11H16N2O2/c1-8(2)10(11(14)15)7-13-9-4-3-5-12-6-9/h3-6,8,10,13H,7H2,1-2H3,(H,14,15). The van der Waals surface area contributed by atoms with E-state index in [0.717, 1.165) is 5.69 Å². The van der Waals surface area contributed by atoms with Gasteiger partial charge in [0.1, 0.15) is 0 Å². The minimum absolute atomic E-state index is 0.117. The van der Waals surface area contributed by atoms with Gasteiger partial charge in [0.15, 0.2) is 0 Å². The van der Waals surface area contributed by atoms with E-state index < -0.39 is 5.97 Å². The minimum Gasteiger partial charge on any atom is -0.481 e. The van der Waals surface area contributed by atoms with E-state index in [1.54, 1.807) is 12.4 Å². The van der Waals surface area contributed by atoms with Gasteiger partial charge in [-0.2, -0.15) is 0 Å². The van der Waals surface area contributed by atoms with Gasteiger partial charge >= 0.3 is 5.97 Å². The van der Waals surface area contributed by atoms with E-state index in [1.807, 2.05) is 26.0 Å². The fraction of sp³-hybridized carbons (Fsp3) is 0.455. The Hall–Kier alpha value is -1.58. The van der Waals surface area contributed by atoms with Crippen LogP contribution in [0.5, 0.6) is 0 Å². The zero-order chi connectivity index (χ0) is 11.3. The molecule has 4 nitrogen and oxygen atoms in total. The maximum Gasteiger partial charge on any atom is 0.308 e. The highest BCUT2D eigenvalue weighted by molar-refractivity contribution is 5.71. The number of aliphatic carboxylic acids is 1. The first-order valence-corrected chi connectivity index (χ1v) is 4.98. The van der Waals surface area contributed by atoms with Crippen LogP contribution in [-0.4, -0.2) is 22.6 Å². The first-order valence-electron chi connectivity index (χ1n) is 4.98. The Morgan fingerprint density at radius 1 is 1.60 bits per heavy atom. The molecule has 15 heavy (non-hydrogen) atoms. The molecule has 0 saturated heterocycles. The van der Waals surface area contributed by atoms with Gasteiger partial charge in [0.05, 0.1) is 11.6 Å².